The van der Waals surface area contributed by atoms with Gasteiger partial charge in [-0.2, -0.15) is 5.10 Å². The minimum atomic E-state index is -0.364. The molecule has 0 unspecified atom stereocenters. The zero-order valence-corrected chi connectivity index (χ0v) is 17.0. The van der Waals surface area contributed by atoms with Crippen LogP contribution in [-0.4, -0.2) is 54.9 Å². The van der Waals surface area contributed by atoms with Gasteiger partial charge in [0.2, 0.25) is 0 Å². The summed E-state index contributed by atoms with van der Waals surface area (Å²) in [6, 6.07) is 4.13. The fourth-order valence-electron chi connectivity index (χ4n) is 5.12. The molecule has 154 valence electrons. The van der Waals surface area contributed by atoms with Gasteiger partial charge in [-0.15, -0.1) is 0 Å². The van der Waals surface area contributed by atoms with Crippen LogP contribution in [0, 0.1) is 0 Å². The van der Waals surface area contributed by atoms with Crippen molar-refractivity contribution in [2.75, 3.05) is 33.9 Å². The highest BCUT2D eigenvalue weighted by molar-refractivity contribution is 5.94. The number of carbonyl (C=O) groups excluding carboxylic acids is 1. The first-order valence-corrected chi connectivity index (χ1v) is 10.4. The molecule has 1 saturated heterocycles. The third-order valence-electron chi connectivity index (χ3n) is 6.72. The molecule has 29 heavy (non-hydrogen) atoms. The minimum Gasteiger partial charge on any atom is -0.493 e. The number of rotatable bonds is 3. The van der Waals surface area contributed by atoms with Gasteiger partial charge < -0.3 is 19.1 Å². The van der Waals surface area contributed by atoms with Crippen molar-refractivity contribution in [2.24, 2.45) is 0 Å². The molecule has 7 nitrogen and oxygen atoms in total. The molecule has 2 aromatic rings. The van der Waals surface area contributed by atoms with Gasteiger partial charge in [0.1, 0.15) is 0 Å². The average molecular weight is 397 g/mol. The molecule has 0 radical (unpaired) electrons. The van der Waals surface area contributed by atoms with Gasteiger partial charge in [0.15, 0.2) is 17.2 Å². The van der Waals surface area contributed by atoms with Crippen molar-refractivity contribution < 1.29 is 19.0 Å². The molecule has 1 spiro atoms. The molecule has 0 atom stereocenters. The highest BCUT2D eigenvalue weighted by Crippen LogP contribution is 2.45. The number of piperidine rings is 1. The molecule has 1 fully saturated rings. The molecule has 5 rings (SSSR count). The smallest absolute Gasteiger partial charge is 0.274 e. The van der Waals surface area contributed by atoms with E-state index in [4.69, 9.17) is 14.2 Å². The second-order valence-electron chi connectivity index (χ2n) is 8.13. The zero-order valence-electron chi connectivity index (χ0n) is 17.0. The van der Waals surface area contributed by atoms with Crippen LogP contribution in [0.25, 0.3) is 0 Å². The molecule has 1 aromatic heterocycles. The van der Waals surface area contributed by atoms with Crippen molar-refractivity contribution in [3.05, 3.63) is 40.2 Å². The summed E-state index contributed by atoms with van der Waals surface area (Å²) in [6.45, 7) is 2.01. The van der Waals surface area contributed by atoms with E-state index in [2.05, 4.69) is 22.3 Å². The highest BCUT2D eigenvalue weighted by Gasteiger charge is 2.43. The van der Waals surface area contributed by atoms with Gasteiger partial charge in [-0.3, -0.25) is 9.89 Å². The first-order chi connectivity index (χ1) is 14.1. The molecule has 3 heterocycles. The average Bonchev–Trinajstić information content (AvgIpc) is 3.37. The van der Waals surface area contributed by atoms with Crippen molar-refractivity contribution in [1.82, 2.24) is 15.1 Å². The SMILES string of the molecule is COc1cc2c(cc1OC)C1(CCN(C(=O)c3n[nH]c4c3CCC4)CC1)OCC2. The summed E-state index contributed by atoms with van der Waals surface area (Å²) in [5.74, 6) is 1.52. The number of carbonyl (C=O) groups is 1. The topological polar surface area (TPSA) is 76.7 Å². The number of fused-ring (bicyclic) bond motifs is 3. The van der Waals surface area contributed by atoms with Crippen LogP contribution in [0.1, 0.15) is 52.1 Å². The maximum Gasteiger partial charge on any atom is 0.274 e. The predicted molar refractivity (Wildman–Crippen MR) is 107 cm³/mol. The van der Waals surface area contributed by atoms with Crippen molar-refractivity contribution in [3.8, 4) is 11.5 Å². The van der Waals surface area contributed by atoms with Gasteiger partial charge in [0, 0.05) is 24.3 Å². The van der Waals surface area contributed by atoms with Gasteiger partial charge in [-0.05, 0) is 61.8 Å². The predicted octanol–water partition coefficient (Wildman–Crippen LogP) is 2.62. The third kappa shape index (κ3) is 2.90. The number of hydrogen-bond acceptors (Lipinski definition) is 5. The van der Waals surface area contributed by atoms with Crippen LogP contribution in [0.4, 0.5) is 0 Å². The van der Waals surface area contributed by atoms with Crippen LogP contribution in [-0.2, 0) is 29.6 Å². The fourth-order valence-corrected chi connectivity index (χ4v) is 5.12. The van der Waals surface area contributed by atoms with E-state index in [0.29, 0.717) is 25.4 Å². The van der Waals surface area contributed by atoms with Crippen LogP contribution >= 0.6 is 0 Å². The lowest BCUT2D eigenvalue weighted by Crippen LogP contribution is -2.48. The number of likely N-dealkylation sites (tertiary alicyclic amines) is 1. The first kappa shape index (κ1) is 18.5. The molecule has 2 aliphatic heterocycles. The van der Waals surface area contributed by atoms with Gasteiger partial charge in [0.25, 0.3) is 5.91 Å². The van der Waals surface area contributed by atoms with Gasteiger partial charge >= 0.3 is 0 Å². The quantitative estimate of drug-likeness (QED) is 0.862. The number of hydrogen-bond donors (Lipinski definition) is 1. The summed E-state index contributed by atoms with van der Waals surface area (Å²) >= 11 is 0. The lowest BCUT2D eigenvalue weighted by molar-refractivity contribution is -0.0937. The molecule has 3 aliphatic rings. The Hall–Kier alpha value is -2.54. The van der Waals surface area contributed by atoms with Crippen molar-refractivity contribution in [2.45, 2.75) is 44.1 Å². The van der Waals surface area contributed by atoms with Crippen molar-refractivity contribution >= 4 is 5.91 Å². The van der Waals surface area contributed by atoms with Crippen molar-refractivity contribution in [1.29, 1.82) is 0 Å². The summed E-state index contributed by atoms with van der Waals surface area (Å²) in [6.07, 6.45) is 5.45. The van der Waals surface area contributed by atoms with E-state index in [9.17, 15) is 4.79 Å². The van der Waals surface area contributed by atoms with E-state index in [1.54, 1.807) is 14.2 Å². The molecule has 1 N–H and O–H groups in total. The fraction of sp³-hybridized carbons (Fsp3) is 0.545. The lowest BCUT2D eigenvalue weighted by atomic mass is 9.79. The van der Waals surface area contributed by atoms with Crippen molar-refractivity contribution in [3.63, 3.8) is 0 Å². The second kappa shape index (κ2) is 7.06. The Kier molecular flexibility index (Phi) is 4.50. The Morgan fingerprint density at radius 1 is 1.14 bits per heavy atom. The van der Waals surface area contributed by atoms with E-state index in [-0.39, 0.29) is 11.5 Å². The number of nitrogens with one attached hydrogen (secondary N) is 1. The van der Waals surface area contributed by atoms with Gasteiger partial charge in [-0.1, -0.05) is 0 Å². The highest BCUT2D eigenvalue weighted by atomic mass is 16.5. The monoisotopic (exact) mass is 397 g/mol. The number of aromatic nitrogens is 2. The number of aryl methyl sites for hydroxylation is 1. The maximum atomic E-state index is 13.1. The number of methoxy groups -OCH3 is 2. The van der Waals surface area contributed by atoms with E-state index >= 15 is 0 Å². The largest absolute Gasteiger partial charge is 0.493 e. The number of nitrogens with zero attached hydrogens (tertiary/aromatic N) is 2. The van der Waals surface area contributed by atoms with E-state index < -0.39 is 0 Å². The Labute approximate surface area is 170 Å². The lowest BCUT2D eigenvalue weighted by Gasteiger charge is -2.45. The molecule has 1 aliphatic carbocycles. The number of amides is 1. The van der Waals surface area contributed by atoms with Gasteiger partial charge in [0.05, 0.1) is 26.4 Å². The Morgan fingerprint density at radius 3 is 2.66 bits per heavy atom. The number of aromatic amines is 1. The minimum absolute atomic E-state index is 0.0441. The molecular formula is C22H27N3O4. The summed E-state index contributed by atoms with van der Waals surface area (Å²) in [5.41, 5.74) is 4.92. The first-order valence-electron chi connectivity index (χ1n) is 10.4. The summed E-state index contributed by atoms with van der Waals surface area (Å²) in [5, 5.41) is 7.37. The molecular weight excluding hydrogens is 370 g/mol. The van der Waals surface area contributed by atoms with E-state index in [1.807, 2.05) is 4.90 Å². The Morgan fingerprint density at radius 2 is 1.90 bits per heavy atom. The molecule has 0 saturated carbocycles. The van der Waals surface area contributed by atoms with Crippen LogP contribution in [0.15, 0.2) is 12.1 Å². The molecule has 1 aromatic carbocycles. The Bertz CT molecular complexity index is 944. The van der Waals surface area contributed by atoms with Crippen LogP contribution in [0.2, 0.25) is 0 Å². The normalized spacial score (nSPS) is 19.7. The molecule has 1 amide bonds. The summed E-state index contributed by atoms with van der Waals surface area (Å²) in [7, 11) is 3.32. The van der Waals surface area contributed by atoms with Gasteiger partial charge in [-0.25, -0.2) is 0 Å². The second-order valence-corrected chi connectivity index (χ2v) is 8.13. The zero-order chi connectivity index (χ0) is 20.0. The maximum absolute atomic E-state index is 13.1. The van der Waals surface area contributed by atoms with E-state index in [0.717, 1.165) is 61.3 Å². The van der Waals surface area contributed by atoms with E-state index in [1.165, 1.54) is 11.1 Å². The van der Waals surface area contributed by atoms with Crippen LogP contribution < -0.4 is 9.47 Å². The summed E-state index contributed by atoms with van der Waals surface area (Å²) in [4.78, 5) is 15.0. The number of benzene rings is 1. The molecule has 0 bridgehead atoms. The number of ether oxygens (including phenoxy) is 3. The standard InChI is InChI=1S/C22H27N3O4/c1-27-18-12-14-6-11-29-22(16(14)13-19(18)28-2)7-9-25(10-8-22)21(26)20-15-4-3-5-17(15)23-24-20/h12-13H,3-11H2,1-2H3,(H,23,24). The van der Waals surface area contributed by atoms with Crippen LogP contribution in [0.5, 0.6) is 11.5 Å². The number of H-pyrrole nitrogens is 1. The van der Waals surface area contributed by atoms with Crippen LogP contribution in [0.3, 0.4) is 0 Å². The molecule has 7 heteroatoms. The summed E-state index contributed by atoms with van der Waals surface area (Å²) < 4.78 is 17.3. The Balaban J connectivity index is 1.38. The third-order valence-corrected chi connectivity index (χ3v) is 6.72.